The minimum Gasteiger partial charge on any atom is -0.491 e. The number of ketones is 1. The number of ether oxygens (including phenoxy) is 2. The SMILES string of the molecule is C#CCOCCOc1ccc(C(=O)C(C)CC)c(C)c1.CC=O.CNC(=O)C(C)CCC=O. The van der Waals surface area contributed by atoms with Gasteiger partial charge in [-0.2, -0.15) is 0 Å². The summed E-state index contributed by atoms with van der Waals surface area (Å²) < 4.78 is 10.7. The van der Waals surface area contributed by atoms with E-state index >= 15 is 0 Å². The summed E-state index contributed by atoms with van der Waals surface area (Å²) in [5.74, 6) is 3.34. The summed E-state index contributed by atoms with van der Waals surface area (Å²) in [6.45, 7) is 10.3. The maximum atomic E-state index is 12.2. The summed E-state index contributed by atoms with van der Waals surface area (Å²) in [7, 11) is 1.60. The van der Waals surface area contributed by atoms with Gasteiger partial charge in [-0.05, 0) is 50.5 Å². The molecule has 1 amide bonds. The number of Topliss-reactive ketones (excluding diaryl/α,β-unsaturated/α-hetero) is 1. The van der Waals surface area contributed by atoms with Crippen LogP contribution in [0, 0.1) is 31.1 Å². The lowest BCUT2D eigenvalue weighted by Gasteiger charge is -2.12. The summed E-state index contributed by atoms with van der Waals surface area (Å²) in [6.07, 6.45) is 8.62. The van der Waals surface area contributed by atoms with Crippen LogP contribution in [0.2, 0.25) is 0 Å². The highest BCUT2D eigenvalue weighted by molar-refractivity contribution is 5.99. The first-order valence-electron chi connectivity index (χ1n) is 11.1. The van der Waals surface area contributed by atoms with Crippen LogP contribution in [-0.4, -0.2) is 51.1 Å². The zero-order chi connectivity index (χ0) is 25.6. The molecule has 2 unspecified atom stereocenters. The lowest BCUT2D eigenvalue weighted by Crippen LogP contribution is -2.25. The molecule has 1 aromatic carbocycles. The standard InChI is InChI=1S/C17H22O3.C7H13NO2.C2H4O/c1-5-9-19-10-11-20-15-7-8-16(14(4)12-15)17(18)13(3)6-2;1-6(4-3-5-9)7(10)8-2;1-2-3/h1,7-8,12-13H,6,9-11H2,2-4H3;5-6H,3-4H2,1-2H3,(H,8,10);2H,1H3. The van der Waals surface area contributed by atoms with Crippen LogP contribution in [0.15, 0.2) is 18.2 Å². The Morgan fingerprint density at radius 2 is 1.82 bits per heavy atom. The van der Waals surface area contributed by atoms with E-state index in [2.05, 4.69) is 11.2 Å². The van der Waals surface area contributed by atoms with Gasteiger partial charge in [0.2, 0.25) is 5.91 Å². The van der Waals surface area contributed by atoms with Gasteiger partial charge in [-0.25, -0.2) is 0 Å². The predicted molar refractivity (Wildman–Crippen MR) is 130 cm³/mol. The average Bonchev–Trinajstić information content (AvgIpc) is 2.81. The van der Waals surface area contributed by atoms with Crippen LogP contribution in [0.1, 0.15) is 62.9 Å². The van der Waals surface area contributed by atoms with Crippen LogP contribution >= 0.6 is 0 Å². The maximum absolute atomic E-state index is 12.2. The number of nitrogens with one attached hydrogen (secondary N) is 1. The third-order valence-electron chi connectivity index (χ3n) is 4.62. The number of hydrogen-bond donors (Lipinski definition) is 1. The van der Waals surface area contributed by atoms with Crippen LogP contribution in [0.5, 0.6) is 5.75 Å². The monoisotopic (exact) mass is 461 g/mol. The first kappa shape index (κ1) is 32.2. The molecule has 0 fully saturated rings. The Hall–Kier alpha value is -2.98. The highest BCUT2D eigenvalue weighted by Gasteiger charge is 2.15. The number of terminal acetylenes is 1. The van der Waals surface area contributed by atoms with Gasteiger partial charge in [0.25, 0.3) is 0 Å². The van der Waals surface area contributed by atoms with Crippen molar-refractivity contribution in [2.45, 2.75) is 53.9 Å². The fourth-order valence-corrected chi connectivity index (χ4v) is 2.50. The molecule has 1 N–H and O–H groups in total. The molecule has 0 saturated carbocycles. The topological polar surface area (TPSA) is 98.8 Å². The Balaban J connectivity index is 0. The number of hydrogen-bond acceptors (Lipinski definition) is 6. The third kappa shape index (κ3) is 15.5. The molecule has 33 heavy (non-hydrogen) atoms. The van der Waals surface area contributed by atoms with E-state index in [1.807, 2.05) is 45.9 Å². The highest BCUT2D eigenvalue weighted by Crippen LogP contribution is 2.21. The smallest absolute Gasteiger partial charge is 0.222 e. The number of aldehydes is 2. The van der Waals surface area contributed by atoms with Gasteiger partial charge in [0.15, 0.2) is 5.78 Å². The quantitative estimate of drug-likeness (QED) is 0.220. The van der Waals surface area contributed by atoms with Gasteiger partial charge >= 0.3 is 0 Å². The van der Waals surface area contributed by atoms with E-state index in [4.69, 9.17) is 20.7 Å². The molecule has 0 aliphatic carbocycles. The molecule has 7 nitrogen and oxygen atoms in total. The van der Waals surface area contributed by atoms with E-state index < -0.39 is 0 Å². The summed E-state index contributed by atoms with van der Waals surface area (Å²) in [5, 5.41) is 2.52. The largest absolute Gasteiger partial charge is 0.491 e. The van der Waals surface area contributed by atoms with Gasteiger partial charge in [-0.3, -0.25) is 9.59 Å². The van der Waals surface area contributed by atoms with Crippen molar-refractivity contribution in [2.75, 3.05) is 26.9 Å². The Morgan fingerprint density at radius 3 is 2.30 bits per heavy atom. The molecule has 0 aliphatic rings. The molecular formula is C26H39NO6. The lowest BCUT2D eigenvalue weighted by molar-refractivity contribution is -0.124. The maximum Gasteiger partial charge on any atom is 0.222 e. The Morgan fingerprint density at radius 1 is 1.18 bits per heavy atom. The molecule has 0 radical (unpaired) electrons. The number of amides is 1. The average molecular weight is 462 g/mol. The Kier molecular flexibility index (Phi) is 20.4. The molecule has 0 bridgehead atoms. The van der Waals surface area contributed by atoms with Gasteiger partial charge in [0, 0.05) is 30.9 Å². The van der Waals surface area contributed by atoms with Gasteiger partial charge < -0.3 is 24.4 Å². The minimum atomic E-state index is -0.0461. The second-order valence-corrected chi connectivity index (χ2v) is 7.25. The van der Waals surface area contributed by atoms with Crippen molar-refractivity contribution < 1.29 is 28.7 Å². The van der Waals surface area contributed by atoms with Gasteiger partial charge in [-0.15, -0.1) is 6.42 Å². The zero-order valence-electron chi connectivity index (χ0n) is 20.8. The Labute approximate surface area is 198 Å². The van der Waals surface area contributed by atoms with Crippen molar-refractivity contribution in [1.82, 2.24) is 5.32 Å². The molecule has 7 heteroatoms. The second kappa shape index (κ2) is 20.9. The van der Waals surface area contributed by atoms with E-state index in [0.29, 0.717) is 32.7 Å². The number of benzene rings is 1. The molecule has 0 aliphatic heterocycles. The van der Waals surface area contributed by atoms with E-state index in [1.54, 1.807) is 7.05 Å². The number of carbonyl (C=O) groups is 4. The molecule has 0 saturated heterocycles. The molecule has 0 spiro atoms. The van der Waals surface area contributed by atoms with Crippen molar-refractivity contribution in [1.29, 1.82) is 0 Å². The summed E-state index contributed by atoms with van der Waals surface area (Å²) in [5.41, 5.74) is 1.72. The summed E-state index contributed by atoms with van der Waals surface area (Å²) >= 11 is 0. The highest BCUT2D eigenvalue weighted by atomic mass is 16.5. The van der Waals surface area contributed by atoms with Crippen molar-refractivity contribution >= 4 is 24.3 Å². The minimum absolute atomic E-state index is 0.00171. The van der Waals surface area contributed by atoms with E-state index in [1.165, 1.54) is 6.92 Å². The van der Waals surface area contributed by atoms with Crippen molar-refractivity contribution in [3.05, 3.63) is 29.3 Å². The normalized spacial score (nSPS) is 11.2. The Bertz CT molecular complexity index is 754. The van der Waals surface area contributed by atoms with Crippen LogP contribution < -0.4 is 10.1 Å². The molecule has 0 heterocycles. The second-order valence-electron chi connectivity index (χ2n) is 7.25. The molecule has 2 atom stereocenters. The van der Waals surface area contributed by atoms with Crippen molar-refractivity contribution in [3.63, 3.8) is 0 Å². The third-order valence-corrected chi connectivity index (χ3v) is 4.62. The van der Waals surface area contributed by atoms with Gasteiger partial charge in [0.1, 0.15) is 31.5 Å². The van der Waals surface area contributed by atoms with Crippen LogP contribution in [0.3, 0.4) is 0 Å². The fourth-order valence-electron chi connectivity index (χ4n) is 2.50. The molecule has 0 aromatic heterocycles. The summed E-state index contributed by atoms with van der Waals surface area (Å²) in [6, 6.07) is 5.54. The van der Waals surface area contributed by atoms with E-state index in [9.17, 15) is 14.4 Å². The van der Waals surface area contributed by atoms with Crippen molar-refractivity contribution in [2.24, 2.45) is 11.8 Å². The lowest BCUT2D eigenvalue weighted by atomic mass is 9.94. The predicted octanol–water partition coefficient (Wildman–Crippen LogP) is 3.81. The number of carbonyl (C=O) groups excluding carboxylic acids is 4. The molecular weight excluding hydrogens is 422 g/mol. The summed E-state index contributed by atoms with van der Waals surface area (Å²) in [4.78, 5) is 41.6. The van der Waals surface area contributed by atoms with Crippen molar-refractivity contribution in [3.8, 4) is 18.1 Å². The number of aryl methyl sites for hydroxylation is 1. The first-order valence-corrected chi connectivity index (χ1v) is 11.1. The van der Waals surface area contributed by atoms with Crippen LogP contribution in [0.25, 0.3) is 0 Å². The van der Waals surface area contributed by atoms with E-state index in [0.717, 1.165) is 35.9 Å². The molecule has 1 rings (SSSR count). The zero-order valence-corrected chi connectivity index (χ0v) is 20.8. The van der Waals surface area contributed by atoms with Gasteiger partial charge in [0.05, 0.1) is 6.61 Å². The van der Waals surface area contributed by atoms with E-state index in [-0.39, 0.29) is 23.5 Å². The fraction of sp³-hybridized carbons (Fsp3) is 0.538. The first-order chi connectivity index (χ1) is 15.7. The van der Waals surface area contributed by atoms with Crippen LogP contribution in [-0.2, 0) is 19.1 Å². The van der Waals surface area contributed by atoms with Crippen LogP contribution in [0.4, 0.5) is 0 Å². The number of rotatable bonds is 12. The molecule has 184 valence electrons. The molecule has 1 aromatic rings. The van der Waals surface area contributed by atoms with Gasteiger partial charge in [-0.1, -0.05) is 26.7 Å².